The van der Waals surface area contributed by atoms with Gasteiger partial charge in [0.25, 0.3) is 0 Å². The van der Waals surface area contributed by atoms with Crippen LogP contribution in [0.15, 0.2) is 0 Å². The van der Waals surface area contributed by atoms with E-state index in [2.05, 4.69) is 0 Å². The van der Waals surface area contributed by atoms with E-state index in [1.807, 2.05) is 55.4 Å². The third-order valence-corrected chi connectivity index (χ3v) is 4.02. The Labute approximate surface area is 125 Å². The summed E-state index contributed by atoms with van der Waals surface area (Å²) in [6.45, 7) is 14.8. The van der Waals surface area contributed by atoms with Gasteiger partial charge in [-0.25, -0.2) is 4.21 Å². The quantitative estimate of drug-likeness (QED) is 0.801. The van der Waals surface area contributed by atoms with E-state index in [1.54, 1.807) is 0 Å². The first-order valence-corrected chi connectivity index (χ1v) is 8.23. The van der Waals surface area contributed by atoms with E-state index in [-0.39, 0.29) is 24.2 Å². The Morgan fingerprint density at radius 1 is 0.650 bits per heavy atom. The van der Waals surface area contributed by atoms with Gasteiger partial charge in [0, 0.05) is 24.2 Å². The van der Waals surface area contributed by atoms with Gasteiger partial charge in [-0.3, -0.25) is 9.59 Å². The summed E-state index contributed by atoms with van der Waals surface area (Å²) in [7, 11) is -2.18. The van der Waals surface area contributed by atoms with Gasteiger partial charge in [0.2, 0.25) is 10.8 Å². The van der Waals surface area contributed by atoms with Crippen molar-refractivity contribution in [3.8, 4) is 0 Å². The van der Waals surface area contributed by atoms with Crippen LogP contribution >= 0.6 is 0 Å². The fourth-order valence-corrected chi connectivity index (χ4v) is 3.68. The third kappa shape index (κ3) is 4.58. The Bertz CT molecular complexity index is 329. The molecule has 0 heterocycles. The molecular formula is C14H28N2O3S. The molecular weight excluding hydrogens is 276 g/mol. The summed E-state index contributed by atoms with van der Waals surface area (Å²) in [4.78, 5) is 27.6. The molecule has 20 heavy (non-hydrogen) atoms. The van der Waals surface area contributed by atoms with E-state index in [1.165, 1.54) is 9.80 Å². The summed E-state index contributed by atoms with van der Waals surface area (Å²) in [5.74, 6) is 0. The van der Waals surface area contributed by atoms with Gasteiger partial charge < -0.3 is 9.80 Å². The van der Waals surface area contributed by atoms with Crippen molar-refractivity contribution in [3.63, 3.8) is 0 Å². The van der Waals surface area contributed by atoms with E-state index >= 15 is 0 Å². The van der Waals surface area contributed by atoms with Gasteiger partial charge in [-0.15, -0.1) is 0 Å². The van der Waals surface area contributed by atoms with E-state index in [9.17, 15) is 13.8 Å². The molecule has 0 bridgehead atoms. The zero-order valence-corrected chi connectivity index (χ0v) is 14.7. The van der Waals surface area contributed by atoms with E-state index in [4.69, 9.17) is 0 Å². The minimum Gasteiger partial charge on any atom is -0.326 e. The van der Waals surface area contributed by atoms with Crippen molar-refractivity contribution in [1.82, 2.24) is 9.80 Å². The number of rotatable bonds is 4. The van der Waals surface area contributed by atoms with Crippen molar-refractivity contribution in [2.75, 3.05) is 0 Å². The molecule has 0 radical (unpaired) electrons. The first-order chi connectivity index (χ1) is 9.02. The Morgan fingerprint density at radius 2 is 0.850 bits per heavy atom. The summed E-state index contributed by atoms with van der Waals surface area (Å²) in [5.41, 5.74) is 0. The van der Waals surface area contributed by atoms with Crippen LogP contribution in [0.3, 0.4) is 0 Å². The molecule has 0 aromatic rings. The number of nitrogens with zero attached hydrogens (tertiary/aromatic N) is 2. The molecule has 0 fully saturated rings. The highest BCUT2D eigenvalue weighted by molar-refractivity contribution is 8.13. The molecule has 0 N–H and O–H groups in total. The molecule has 0 saturated heterocycles. The predicted molar refractivity (Wildman–Crippen MR) is 83.2 cm³/mol. The van der Waals surface area contributed by atoms with Crippen molar-refractivity contribution in [1.29, 1.82) is 0 Å². The minimum absolute atomic E-state index is 0.0919. The standard InChI is InChI=1S/C14H28N2O3S/c1-9(2)15(10(3)4)13(17)20(19)14(18)16(11(5)6)12(7)8/h9-12H,1-8H3. The van der Waals surface area contributed by atoms with Crippen LogP contribution in [-0.4, -0.2) is 48.7 Å². The van der Waals surface area contributed by atoms with Gasteiger partial charge in [0.05, 0.1) is 0 Å². The Morgan fingerprint density at radius 3 is 1.00 bits per heavy atom. The molecule has 2 amide bonds. The zero-order valence-electron chi connectivity index (χ0n) is 13.8. The molecule has 0 aliphatic heterocycles. The minimum atomic E-state index is -2.18. The lowest BCUT2D eigenvalue weighted by molar-refractivity contribution is 0.183. The fourth-order valence-electron chi connectivity index (χ4n) is 2.30. The first kappa shape index (κ1) is 19.1. The first-order valence-electron chi connectivity index (χ1n) is 7.08. The second kappa shape index (κ2) is 7.76. The number of carbonyl (C=O) groups excluding carboxylic acids is 2. The molecule has 0 aromatic carbocycles. The summed E-state index contributed by atoms with van der Waals surface area (Å²) < 4.78 is 12.3. The lowest BCUT2D eigenvalue weighted by Gasteiger charge is -2.33. The largest absolute Gasteiger partial charge is 0.326 e. The van der Waals surface area contributed by atoms with Crippen LogP contribution in [0.2, 0.25) is 0 Å². The molecule has 118 valence electrons. The fraction of sp³-hybridized carbons (Fsp3) is 0.857. The molecule has 0 spiro atoms. The maximum atomic E-state index is 12.3. The van der Waals surface area contributed by atoms with Crippen molar-refractivity contribution in [2.45, 2.75) is 79.6 Å². The van der Waals surface area contributed by atoms with E-state index in [0.29, 0.717) is 0 Å². The maximum Gasteiger partial charge on any atom is 0.321 e. The second-order valence-electron chi connectivity index (χ2n) is 5.99. The van der Waals surface area contributed by atoms with Gasteiger partial charge in [0.15, 0.2) is 0 Å². The van der Waals surface area contributed by atoms with Crippen LogP contribution in [-0.2, 0) is 10.8 Å². The second-order valence-corrected chi connectivity index (χ2v) is 7.23. The van der Waals surface area contributed by atoms with E-state index in [0.717, 1.165) is 0 Å². The topological polar surface area (TPSA) is 57.7 Å². The van der Waals surface area contributed by atoms with Crippen LogP contribution in [0.25, 0.3) is 0 Å². The average Bonchev–Trinajstić information content (AvgIpc) is 2.25. The van der Waals surface area contributed by atoms with Crippen LogP contribution in [0.4, 0.5) is 9.59 Å². The van der Waals surface area contributed by atoms with Crippen molar-refractivity contribution < 1.29 is 13.8 Å². The van der Waals surface area contributed by atoms with Crippen molar-refractivity contribution in [3.05, 3.63) is 0 Å². The molecule has 0 aliphatic rings. The Balaban J connectivity index is 5.24. The SMILES string of the molecule is CC(C)N(C(=O)S(=O)C(=O)N(C(C)C)C(C)C)C(C)C. The Hall–Kier alpha value is -0.910. The summed E-state index contributed by atoms with van der Waals surface area (Å²) >= 11 is 0. The highest BCUT2D eigenvalue weighted by atomic mass is 32.2. The summed E-state index contributed by atoms with van der Waals surface area (Å²) in [6, 6.07) is -0.367. The third-order valence-electron chi connectivity index (χ3n) is 2.96. The Kier molecular flexibility index (Phi) is 7.41. The van der Waals surface area contributed by atoms with Crippen LogP contribution in [0.5, 0.6) is 0 Å². The van der Waals surface area contributed by atoms with Gasteiger partial charge in [-0.2, -0.15) is 0 Å². The summed E-state index contributed by atoms with van der Waals surface area (Å²) in [5, 5.41) is -1.21. The zero-order chi connectivity index (χ0) is 16.2. The molecule has 0 atom stereocenters. The van der Waals surface area contributed by atoms with Crippen molar-refractivity contribution in [2.24, 2.45) is 0 Å². The van der Waals surface area contributed by atoms with Crippen molar-refractivity contribution >= 4 is 21.3 Å². The summed E-state index contributed by atoms with van der Waals surface area (Å²) in [6.07, 6.45) is 0. The predicted octanol–water partition coefficient (Wildman–Crippen LogP) is 3.21. The maximum absolute atomic E-state index is 12.3. The van der Waals surface area contributed by atoms with Gasteiger partial charge in [-0.1, -0.05) is 0 Å². The molecule has 0 aliphatic carbocycles. The van der Waals surface area contributed by atoms with Gasteiger partial charge in [0.1, 0.15) is 0 Å². The smallest absolute Gasteiger partial charge is 0.321 e. The lowest BCUT2D eigenvalue weighted by Crippen LogP contribution is -2.49. The molecule has 5 nitrogen and oxygen atoms in total. The lowest BCUT2D eigenvalue weighted by atomic mass is 10.2. The molecule has 0 unspecified atom stereocenters. The normalized spacial score (nSPS) is 11.8. The van der Waals surface area contributed by atoms with Gasteiger partial charge >= 0.3 is 10.5 Å². The van der Waals surface area contributed by atoms with E-state index < -0.39 is 21.3 Å². The van der Waals surface area contributed by atoms with Crippen LogP contribution in [0, 0.1) is 0 Å². The molecule has 6 heteroatoms. The number of carbonyl (C=O) groups is 2. The number of amides is 2. The highest BCUT2D eigenvalue weighted by Crippen LogP contribution is 2.14. The number of hydrogen-bond acceptors (Lipinski definition) is 3. The van der Waals surface area contributed by atoms with Gasteiger partial charge in [-0.05, 0) is 55.4 Å². The highest BCUT2D eigenvalue weighted by Gasteiger charge is 2.34. The molecule has 0 saturated carbocycles. The average molecular weight is 304 g/mol. The van der Waals surface area contributed by atoms with Crippen LogP contribution in [0.1, 0.15) is 55.4 Å². The van der Waals surface area contributed by atoms with Crippen LogP contribution < -0.4 is 0 Å². The molecule has 0 rings (SSSR count). The molecule has 0 aromatic heterocycles. The monoisotopic (exact) mass is 304 g/mol. The number of hydrogen-bond donors (Lipinski definition) is 0.